The van der Waals surface area contributed by atoms with E-state index >= 15 is 0 Å². The van der Waals surface area contributed by atoms with Crippen LogP contribution in [0.1, 0.15) is 85.0 Å². The van der Waals surface area contributed by atoms with Crippen LogP contribution in [-0.2, 0) is 6.54 Å². The van der Waals surface area contributed by atoms with Gasteiger partial charge in [-0.25, -0.2) is 0 Å². The minimum absolute atomic E-state index is 0.109. The monoisotopic (exact) mass is 431 g/mol. The smallest absolute Gasteiger partial charge is 0.297 e. The van der Waals surface area contributed by atoms with E-state index < -0.39 is 0 Å². The Morgan fingerprint density at radius 1 is 0.774 bits per heavy atom. The molecule has 2 rings (SSSR count). The second-order valence-electron chi connectivity index (χ2n) is 8.17. The fraction of sp³-hybridized carbons (Fsp3) is 0.654. The summed E-state index contributed by atoms with van der Waals surface area (Å²) < 4.78 is 19.4. The Morgan fingerprint density at radius 3 is 2.13 bits per heavy atom. The summed E-state index contributed by atoms with van der Waals surface area (Å²) in [5, 5.41) is 0.893. The molecular weight excluding hydrogens is 390 g/mol. The van der Waals surface area contributed by atoms with Crippen LogP contribution in [0.3, 0.4) is 0 Å². The molecule has 0 aliphatic rings. The highest BCUT2D eigenvalue weighted by Gasteiger charge is 2.19. The van der Waals surface area contributed by atoms with E-state index in [4.69, 9.17) is 14.2 Å². The summed E-state index contributed by atoms with van der Waals surface area (Å²) in [5.74, 6) is 1.65. The van der Waals surface area contributed by atoms with E-state index in [1.165, 1.54) is 25.7 Å². The fourth-order valence-electron chi connectivity index (χ4n) is 3.75. The summed E-state index contributed by atoms with van der Waals surface area (Å²) in [6, 6.07) is 5.92. The molecule has 0 saturated carbocycles. The minimum atomic E-state index is -0.109. The normalized spacial score (nSPS) is 11.1. The molecule has 0 aliphatic heterocycles. The van der Waals surface area contributed by atoms with Gasteiger partial charge in [-0.3, -0.25) is 4.79 Å². The van der Waals surface area contributed by atoms with Gasteiger partial charge in [-0.05, 0) is 31.4 Å². The zero-order chi connectivity index (χ0) is 22.5. The van der Waals surface area contributed by atoms with E-state index in [1.807, 2.05) is 22.8 Å². The van der Waals surface area contributed by atoms with Crippen LogP contribution < -0.4 is 19.8 Å². The number of ether oxygens (including phenoxy) is 3. The van der Waals surface area contributed by atoms with Crippen molar-refractivity contribution in [2.24, 2.45) is 0 Å². The van der Waals surface area contributed by atoms with E-state index in [0.29, 0.717) is 31.3 Å². The number of aryl methyl sites for hydroxylation is 1. The first-order valence-corrected chi connectivity index (χ1v) is 12.2. The quantitative estimate of drug-likeness (QED) is 0.277. The van der Waals surface area contributed by atoms with E-state index in [2.05, 4.69) is 20.8 Å². The summed E-state index contributed by atoms with van der Waals surface area (Å²) in [4.78, 5) is 13.4. The Labute approximate surface area is 187 Å². The van der Waals surface area contributed by atoms with Crippen LogP contribution in [0.15, 0.2) is 23.0 Å². The topological polar surface area (TPSA) is 49.7 Å². The van der Waals surface area contributed by atoms with Crippen molar-refractivity contribution in [2.45, 2.75) is 91.5 Å². The van der Waals surface area contributed by atoms with Crippen molar-refractivity contribution < 1.29 is 14.2 Å². The average molecular weight is 432 g/mol. The van der Waals surface area contributed by atoms with Crippen molar-refractivity contribution in [1.82, 2.24) is 4.57 Å². The molecule has 174 valence electrons. The zero-order valence-electron chi connectivity index (χ0n) is 20.0. The molecule has 0 amide bonds. The van der Waals surface area contributed by atoms with Crippen LogP contribution in [-0.4, -0.2) is 24.9 Å². The first kappa shape index (κ1) is 25.1. The third-order valence-corrected chi connectivity index (χ3v) is 5.60. The van der Waals surface area contributed by atoms with Crippen molar-refractivity contribution in [3.05, 3.63) is 28.6 Å². The lowest BCUT2D eigenvalue weighted by Gasteiger charge is -2.18. The summed E-state index contributed by atoms with van der Waals surface area (Å²) in [6.45, 7) is 8.41. The van der Waals surface area contributed by atoms with Gasteiger partial charge in [-0.1, -0.05) is 65.7 Å². The van der Waals surface area contributed by atoms with Crippen molar-refractivity contribution in [2.75, 3.05) is 20.3 Å². The Morgan fingerprint density at radius 2 is 1.45 bits per heavy atom. The summed E-state index contributed by atoms with van der Waals surface area (Å²) in [5.41, 5.74) is 0.743. The van der Waals surface area contributed by atoms with Crippen LogP contribution in [0, 0.1) is 0 Å². The van der Waals surface area contributed by atoms with Gasteiger partial charge in [0.25, 0.3) is 5.56 Å². The number of fused-ring (bicyclic) bond motifs is 1. The molecule has 2 aromatic rings. The fourth-order valence-corrected chi connectivity index (χ4v) is 3.75. The van der Waals surface area contributed by atoms with Gasteiger partial charge in [0.15, 0.2) is 5.75 Å². The molecule has 1 aromatic heterocycles. The van der Waals surface area contributed by atoms with Gasteiger partial charge in [-0.2, -0.15) is 0 Å². The molecule has 0 unspecified atom stereocenters. The molecule has 0 atom stereocenters. The predicted octanol–water partition coefficient (Wildman–Crippen LogP) is 6.73. The Balaban J connectivity index is 2.41. The highest BCUT2D eigenvalue weighted by molar-refractivity contribution is 5.89. The van der Waals surface area contributed by atoms with E-state index in [-0.39, 0.29) is 5.56 Å². The molecule has 0 N–H and O–H groups in total. The lowest BCUT2D eigenvalue weighted by molar-refractivity contribution is 0.280. The van der Waals surface area contributed by atoms with E-state index in [1.54, 1.807) is 7.11 Å². The van der Waals surface area contributed by atoms with Crippen LogP contribution in [0.5, 0.6) is 17.2 Å². The second-order valence-corrected chi connectivity index (χ2v) is 8.17. The number of hydrogen-bond donors (Lipinski definition) is 0. The molecule has 0 bridgehead atoms. The second kappa shape index (κ2) is 14.0. The van der Waals surface area contributed by atoms with Crippen molar-refractivity contribution in [1.29, 1.82) is 0 Å². The highest BCUT2D eigenvalue weighted by Crippen LogP contribution is 2.34. The number of benzene rings is 1. The van der Waals surface area contributed by atoms with Crippen molar-refractivity contribution in [3.8, 4) is 17.2 Å². The molecule has 0 saturated heterocycles. The summed E-state index contributed by atoms with van der Waals surface area (Å²) in [7, 11) is 1.61. The first-order valence-electron chi connectivity index (χ1n) is 12.2. The number of hydrogen-bond acceptors (Lipinski definition) is 4. The zero-order valence-corrected chi connectivity index (χ0v) is 20.0. The number of unbranched alkanes of at least 4 members (excludes halogenated alkanes) is 7. The molecule has 31 heavy (non-hydrogen) atoms. The third-order valence-electron chi connectivity index (χ3n) is 5.60. The first-order chi connectivity index (χ1) is 15.2. The van der Waals surface area contributed by atoms with Gasteiger partial charge in [0, 0.05) is 18.0 Å². The van der Waals surface area contributed by atoms with Crippen molar-refractivity contribution in [3.63, 3.8) is 0 Å². The van der Waals surface area contributed by atoms with Crippen LogP contribution >= 0.6 is 0 Å². The average Bonchev–Trinajstić information content (AvgIpc) is 2.78. The Kier molecular flexibility index (Phi) is 11.3. The molecule has 5 nitrogen and oxygen atoms in total. The van der Waals surface area contributed by atoms with Gasteiger partial charge < -0.3 is 18.8 Å². The maximum absolute atomic E-state index is 13.4. The summed E-state index contributed by atoms with van der Waals surface area (Å²) >= 11 is 0. The van der Waals surface area contributed by atoms with Gasteiger partial charge in [0.2, 0.25) is 5.75 Å². The molecule has 1 heterocycles. The van der Waals surface area contributed by atoms with Gasteiger partial charge in [-0.15, -0.1) is 0 Å². The maximum atomic E-state index is 13.4. The maximum Gasteiger partial charge on any atom is 0.297 e. The molecule has 0 radical (unpaired) electrons. The Hall–Kier alpha value is -2.17. The molecule has 0 fully saturated rings. The number of nitrogens with zero attached hydrogens (tertiary/aromatic N) is 1. The van der Waals surface area contributed by atoms with Gasteiger partial charge >= 0.3 is 0 Å². The molecular formula is C26H41NO4. The SMILES string of the molecule is CCCCCCOc1c(OC)c2ccc(OCCCC)cc2n(CCCCCC)c1=O. The van der Waals surface area contributed by atoms with Crippen LogP contribution in [0.4, 0.5) is 0 Å². The molecule has 0 aliphatic carbocycles. The predicted molar refractivity (Wildman–Crippen MR) is 129 cm³/mol. The van der Waals surface area contributed by atoms with Crippen molar-refractivity contribution >= 4 is 10.9 Å². The van der Waals surface area contributed by atoms with Crippen LogP contribution in [0.25, 0.3) is 10.9 Å². The van der Waals surface area contributed by atoms with Crippen LogP contribution in [0.2, 0.25) is 0 Å². The number of aromatic nitrogens is 1. The lowest BCUT2D eigenvalue weighted by Crippen LogP contribution is -2.24. The number of rotatable bonds is 16. The van der Waals surface area contributed by atoms with Gasteiger partial charge in [0.05, 0.1) is 25.8 Å². The minimum Gasteiger partial charge on any atom is -0.494 e. The molecule has 5 heteroatoms. The largest absolute Gasteiger partial charge is 0.494 e. The molecule has 1 aromatic carbocycles. The number of methoxy groups -OCH3 is 1. The van der Waals surface area contributed by atoms with E-state index in [9.17, 15) is 4.79 Å². The highest BCUT2D eigenvalue weighted by atomic mass is 16.5. The van der Waals surface area contributed by atoms with E-state index in [0.717, 1.165) is 55.2 Å². The third kappa shape index (κ3) is 7.19. The van der Waals surface area contributed by atoms with Gasteiger partial charge in [0.1, 0.15) is 5.75 Å². The molecule has 0 spiro atoms. The Bertz CT molecular complexity index is 843. The lowest BCUT2D eigenvalue weighted by atomic mass is 10.1. The summed E-state index contributed by atoms with van der Waals surface area (Å²) in [6.07, 6.45) is 10.9. The standard InChI is InChI=1S/C26H41NO4/c1-5-8-11-13-17-27-23-20-21(30-18-10-7-3)15-16-22(23)24(29-4)25(26(27)28)31-19-14-12-9-6-2/h15-16,20H,5-14,17-19H2,1-4H3. The number of pyridine rings is 1.